The van der Waals surface area contributed by atoms with Crippen LogP contribution in [0.15, 0.2) is 30.6 Å². The van der Waals surface area contributed by atoms with Gasteiger partial charge in [-0.3, -0.25) is 5.10 Å². The molecule has 0 unspecified atom stereocenters. The number of rotatable bonds is 4. The summed E-state index contributed by atoms with van der Waals surface area (Å²) in [5.41, 5.74) is 2.65. The molecule has 2 atom stereocenters. The SMILES string of the molecule is CO[C@H]1c2ccccc2C[C@H]1NCc1ncn[nH]1. The van der Waals surface area contributed by atoms with Crippen molar-refractivity contribution >= 4 is 0 Å². The van der Waals surface area contributed by atoms with Crippen molar-refractivity contribution in [3.8, 4) is 0 Å². The van der Waals surface area contributed by atoms with Gasteiger partial charge in [0, 0.05) is 13.2 Å². The summed E-state index contributed by atoms with van der Waals surface area (Å²) in [6.45, 7) is 0.679. The van der Waals surface area contributed by atoms with Crippen LogP contribution in [0.5, 0.6) is 0 Å². The molecular formula is C13H16N4O. The van der Waals surface area contributed by atoms with Crippen LogP contribution in [0.4, 0.5) is 0 Å². The van der Waals surface area contributed by atoms with Crippen LogP contribution in [0.1, 0.15) is 23.1 Å². The molecule has 1 aromatic carbocycles. The number of ether oxygens (including phenoxy) is 1. The van der Waals surface area contributed by atoms with E-state index in [4.69, 9.17) is 4.74 Å². The highest BCUT2D eigenvalue weighted by atomic mass is 16.5. The van der Waals surface area contributed by atoms with E-state index >= 15 is 0 Å². The largest absolute Gasteiger partial charge is 0.375 e. The lowest BCUT2D eigenvalue weighted by Crippen LogP contribution is -2.33. The number of benzene rings is 1. The van der Waals surface area contributed by atoms with E-state index in [0.717, 1.165) is 12.2 Å². The Bertz CT molecular complexity index is 511. The summed E-state index contributed by atoms with van der Waals surface area (Å²) < 4.78 is 5.61. The molecule has 5 heteroatoms. The number of methoxy groups -OCH3 is 1. The molecular weight excluding hydrogens is 228 g/mol. The lowest BCUT2D eigenvalue weighted by Gasteiger charge is -2.19. The van der Waals surface area contributed by atoms with Gasteiger partial charge < -0.3 is 10.1 Å². The highest BCUT2D eigenvalue weighted by Gasteiger charge is 2.31. The first kappa shape index (κ1) is 11.4. The van der Waals surface area contributed by atoms with E-state index < -0.39 is 0 Å². The standard InChI is InChI=1S/C13H16N4O/c1-18-13-10-5-3-2-4-9(10)6-11(13)14-7-12-15-8-16-17-12/h2-5,8,11,13-14H,6-7H2,1H3,(H,15,16,17)/t11-,13+/m1/s1. The maximum absolute atomic E-state index is 5.61. The van der Waals surface area contributed by atoms with E-state index in [1.807, 2.05) is 0 Å². The Hall–Kier alpha value is -1.72. The maximum atomic E-state index is 5.61. The Kier molecular flexibility index (Phi) is 3.08. The second-order valence-corrected chi connectivity index (χ2v) is 4.48. The third-order valence-electron chi connectivity index (χ3n) is 3.42. The summed E-state index contributed by atoms with van der Waals surface area (Å²) in [5.74, 6) is 0.848. The molecule has 0 fully saturated rings. The van der Waals surface area contributed by atoms with E-state index in [1.54, 1.807) is 7.11 Å². The maximum Gasteiger partial charge on any atom is 0.138 e. The molecule has 1 aromatic heterocycles. The van der Waals surface area contributed by atoms with Gasteiger partial charge in [0.25, 0.3) is 0 Å². The summed E-state index contributed by atoms with van der Waals surface area (Å²) in [7, 11) is 1.76. The summed E-state index contributed by atoms with van der Waals surface area (Å²) >= 11 is 0. The molecule has 0 bridgehead atoms. The van der Waals surface area contributed by atoms with Gasteiger partial charge in [-0.1, -0.05) is 24.3 Å². The van der Waals surface area contributed by atoms with Crippen molar-refractivity contribution in [2.24, 2.45) is 0 Å². The lowest BCUT2D eigenvalue weighted by atomic mass is 10.1. The lowest BCUT2D eigenvalue weighted by molar-refractivity contribution is 0.0775. The Morgan fingerprint density at radius 1 is 1.44 bits per heavy atom. The third kappa shape index (κ3) is 2.02. The molecule has 1 aliphatic carbocycles. The molecule has 2 aromatic rings. The highest BCUT2D eigenvalue weighted by molar-refractivity contribution is 5.36. The first-order valence-electron chi connectivity index (χ1n) is 6.06. The number of hydrogen-bond donors (Lipinski definition) is 2. The van der Waals surface area contributed by atoms with Crippen molar-refractivity contribution < 1.29 is 4.74 Å². The van der Waals surface area contributed by atoms with E-state index in [1.165, 1.54) is 17.5 Å². The highest BCUT2D eigenvalue weighted by Crippen LogP contribution is 2.33. The van der Waals surface area contributed by atoms with Crippen LogP contribution in [0.3, 0.4) is 0 Å². The van der Waals surface area contributed by atoms with Crippen LogP contribution in [0.2, 0.25) is 0 Å². The second kappa shape index (κ2) is 4.88. The van der Waals surface area contributed by atoms with Gasteiger partial charge in [0.2, 0.25) is 0 Å². The van der Waals surface area contributed by atoms with Crippen LogP contribution >= 0.6 is 0 Å². The summed E-state index contributed by atoms with van der Waals surface area (Å²) in [5, 5.41) is 10.2. The van der Waals surface area contributed by atoms with E-state index in [2.05, 4.69) is 44.8 Å². The van der Waals surface area contributed by atoms with Crippen LogP contribution in [0, 0.1) is 0 Å². The normalized spacial score (nSPS) is 22.1. The molecule has 0 radical (unpaired) electrons. The van der Waals surface area contributed by atoms with Crippen LogP contribution < -0.4 is 5.32 Å². The van der Waals surface area contributed by atoms with Gasteiger partial charge in [-0.05, 0) is 17.5 Å². The van der Waals surface area contributed by atoms with Crippen molar-refractivity contribution in [2.75, 3.05) is 7.11 Å². The van der Waals surface area contributed by atoms with Gasteiger partial charge >= 0.3 is 0 Å². The Balaban J connectivity index is 1.71. The minimum atomic E-state index is 0.115. The summed E-state index contributed by atoms with van der Waals surface area (Å²) in [6.07, 6.45) is 2.63. The molecule has 5 nitrogen and oxygen atoms in total. The molecule has 2 N–H and O–H groups in total. The number of aromatic amines is 1. The molecule has 18 heavy (non-hydrogen) atoms. The summed E-state index contributed by atoms with van der Waals surface area (Å²) in [6, 6.07) is 8.73. The number of nitrogens with one attached hydrogen (secondary N) is 2. The molecule has 1 aliphatic rings. The number of fused-ring (bicyclic) bond motifs is 1. The third-order valence-corrected chi connectivity index (χ3v) is 3.42. The van der Waals surface area contributed by atoms with Crippen molar-refractivity contribution in [1.82, 2.24) is 20.5 Å². The Morgan fingerprint density at radius 3 is 3.11 bits per heavy atom. The molecule has 0 amide bonds. The fraction of sp³-hybridized carbons (Fsp3) is 0.385. The average Bonchev–Trinajstić information content (AvgIpc) is 3.03. The van der Waals surface area contributed by atoms with E-state index in [9.17, 15) is 0 Å². The minimum Gasteiger partial charge on any atom is -0.375 e. The van der Waals surface area contributed by atoms with Crippen LogP contribution in [-0.4, -0.2) is 28.3 Å². The zero-order valence-corrected chi connectivity index (χ0v) is 10.3. The second-order valence-electron chi connectivity index (χ2n) is 4.48. The van der Waals surface area contributed by atoms with Gasteiger partial charge in [-0.15, -0.1) is 0 Å². The fourth-order valence-corrected chi connectivity index (χ4v) is 2.57. The molecule has 3 rings (SSSR count). The van der Waals surface area contributed by atoms with Crippen molar-refractivity contribution in [3.63, 3.8) is 0 Å². The smallest absolute Gasteiger partial charge is 0.138 e. The van der Waals surface area contributed by atoms with Crippen LogP contribution in [0.25, 0.3) is 0 Å². The number of nitrogens with zero attached hydrogens (tertiary/aromatic N) is 2. The number of hydrogen-bond acceptors (Lipinski definition) is 4. The van der Waals surface area contributed by atoms with Crippen molar-refractivity contribution in [1.29, 1.82) is 0 Å². The summed E-state index contributed by atoms with van der Waals surface area (Å²) in [4.78, 5) is 4.11. The average molecular weight is 244 g/mol. The predicted molar refractivity (Wildman–Crippen MR) is 66.9 cm³/mol. The molecule has 94 valence electrons. The van der Waals surface area contributed by atoms with Crippen molar-refractivity contribution in [3.05, 3.63) is 47.5 Å². The zero-order valence-electron chi connectivity index (χ0n) is 10.3. The van der Waals surface area contributed by atoms with E-state index in [0.29, 0.717) is 6.54 Å². The molecule has 0 saturated heterocycles. The predicted octanol–water partition coefficient (Wildman–Crippen LogP) is 1.21. The molecule has 0 spiro atoms. The molecule has 0 saturated carbocycles. The van der Waals surface area contributed by atoms with E-state index in [-0.39, 0.29) is 12.1 Å². The first-order valence-corrected chi connectivity index (χ1v) is 6.06. The monoisotopic (exact) mass is 244 g/mol. The number of aromatic nitrogens is 3. The Morgan fingerprint density at radius 2 is 2.33 bits per heavy atom. The van der Waals surface area contributed by atoms with Gasteiger partial charge in [0.15, 0.2) is 0 Å². The van der Waals surface area contributed by atoms with Gasteiger partial charge in [0.1, 0.15) is 12.2 Å². The fourth-order valence-electron chi connectivity index (χ4n) is 2.57. The molecule has 1 heterocycles. The first-order chi connectivity index (χ1) is 8.88. The quantitative estimate of drug-likeness (QED) is 0.848. The van der Waals surface area contributed by atoms with Gasteiger partial charge in [-0.25, -0.2) is 4.98 Å². The topological polar surface area (TPSA) is 62.8 Å². The zero-order chi connectivity index (χ0) is 12.4. The van der Waals surface area contributed by atoms with Crippen molar-refractivity contribution in [2.45, 2.75) is 25.1 Å². The van der Waals surface area contributed by atoms with Crippen LogP contribution in [-0.2, 0) is 17.7 Å². The number of H-pyrrole nitrogens is 1. The Labute approximate surface area is 106 Å². The molecule has 0 aliphatic heterocycles. The van der Waals surface area contributed by atoms with Gasteiger partial charge in [0.05, 0.1) is 12.6 Å². The minimum absolute atomic E-state index is 0.115. The van der Waals surface area contributed by atoms with Gasteiger partial charge in [-0.2, -0.15) is 5.10 Å².